The topological polar surface area (TPSA) is 39.1 Å². The van der Waals surface area contributed by atoms with Crippen molar-refractivity contribution in [2.24, 2.45) is 7.05 Å². The highest BCUT2D eigenvalue weighted by Gasteiger charge is 1.97. The van der Waals surface area contributed by atoms with Gasteiger partial charge in [-0.3, -0.25) is 4.68 Å². The minimum atomic E-state index is 0.765. The highest BCUT2D eigenvalue weighted by Crippen LogP contribution is 1.97. The van der Waals surface area contributed by atoms with Crippen molar-refractivity contribution >= 4 is 0 Å². The Labute approximate surface area is 78.9 Å². The quantitative estimate of drug-likeness (QED) is 0.640. The van der Waals surface area contributed by atoms with Gasteiger partial charge in [0.05, 0.1) is 13.2 Å². The standard InChI is InChI=1S/C9H17N3O/c1-10-6-8-13-7-4-9-3-5-11-12(9)2/h3,5,10H,4,6-8H2,1-2H3. The molecule has 74 valence electrons. The van der Waals surface area contributed by atoms with Crippen molar-refractivity contribution in [1.82, 2.24) is 15.1 Å². The highest BCUT2D eigenvalue weighted by atomic mass is 16.5. The van der Waals surface area contributed by atoms with Gasteiger partial charge in [0.2, 0.25) is 0 Å². The Morgan fingerprint density at radius 1 is 1.54 bits per heavy atom. The van der Waals surface area contributed by atoms with Crippen LogP contribution < -0.4 is 5.32 Å². The maximum absolute atomic E-state index is 5.40. The van der Waals surface area contributed by atoms with Crippen molar-refractivity contribution in [2.45, 2.75) is 6.42 Å². The molecule has 0 radical (unpaired) electrons. The van der Waals surface area contributed by atoms with Gasteiger partial charge in [0.1, 0.15) is 0 Å². The van der Waals surface area contributed by atoms with Crippen molar-refractivity contribution in [2.75, 3.05) is 26.8 Å². The average molecular weight is 183 g/mol. The van der Waals surface area contributed by atoms with E-state index in [2.05, 4.69) is 10.4 Å². The molecule has 4 heteroatoms. The van der Waals surface area contributed by atoms with Gasteiger partial charge in [0, 0.05) is 31.9 Å². The molecule has 0 aromatic carbocycles. The van der Waals surface area contributed by atoms with Gasteiger partial charge in [-0.25, -0.2) is 0 Å². The molecule has 0 amide bonds. The molecule has 1 N–H and O–H groups in total. The summed E-state index contributed by atoms with van der Waals surface area (Å²) >= 11 is 0. The van der Waals surface area contributed by atoms with Crippen LogP contribution in [0, 0.1) is 0 Å². The summed E-state index contributed by atoms with van der Waals surface area (Å²) in [6.45, 7) is 2.45. The number of aryl methyl sites for hydroxylation is 1. The van der Waals surface area contributed by atoms with Gasteiger partial charge in [-0.1, -0.05) is 0 Å². The molecule has 4 nitrogen and oxygen atoms in total. The number of hydrogen-bond donors (Lipinski definition) is 1. The molecule has 13 heavy (non-hydrogen) atoms. The fourth-order valence-corrected chi connectivity index (χ4v) is 1.10. The lowest BCUT2D eigenvalue weighted by Crippen LogP contribution is -2.15. The van der Waals surface area contributed by atoms with Crippen LogP contribution in [0.1, 0.15) is 5.69 Å². The third-order valence-corrected chi connectivity index (χ3v) is 1.92. The van der Waals surface area contributed by atoms with E-state index < -0.39 is 0 Å². The molecule has 0 aliphatic carbocycles. The number of ether oxygens (including phenoxy) is 1. The van der Waals surface area contributed by atoms with E-state index in [4.69, 9.17) is 4.74 Å². The second-order valence-corrected chi connectivity index (χ2v) is 2.91. The van der Waals surface area contributed by atoms with Crippen molar-refractivity contribution in [3.63, 3.8) is 0 Å². The molecular weight excluding hydrogens is 166 g/mol. The predicted molar refractivity (Wildman–Crippen MR) is 51.7 cm³/mol. The summed E-state index contributed by atoms with van der Waals surface area (Å²) in [5, 5.41) is 7.11. The molecule has 1 heterocycles. The smallest absolute Gasteiger partial charge is 0.0590 e. The number of rotatable bonds is 6. The molecule has 1 aromatic heterocycles. The molecule has 0 saturated carbocycles. The number of aromatic nitrogens is 2. The van der Waals surface area contributed by atoms with Gasteiger partial charge in [0.25, 0.3) is 0 Å². The zero-order chi connectivity index (χ0) is 9.52. The summed E-state index contributed by atoms with van der Waals surface area (Å²) in [5.74, 6) is 0. The van der Waals surface area contributed by atoms with Gasteiger partial charge in [-0.05, 0) is 13.1 Å². The van der Waals surface area contributed by atoms with Crippen molar-refractivity contribution in [3.05, 3.63) is 18.0 Å². The SMILES string of the molecule is CNCCOCCc1ccnn1C. The summed E-state index contributed by atoms with van der Waals surface area (Å²) < 4.78 is 7.28. The van der Waals surface area contributed by atoms with Crippen LogP contribution in [0.15, 0.2) is 12.3 Å². The van der Waals surface area contributed by atoms with Crippen LogP contribution in [-0.4, -0.2) is 36.6 Å². The van der Waals surface area contributed by atoms with Crippen LogP contribution in [0.2, 0.25) is 0 Å². The summed E-state index contributed by atoms with van der Waals surface area (Å²) in [4.78, 5) is 0. The van der Waals surface area contributed by atoms with Gasteiger partial charge in [-0.2, -0.15) is 5.10 Å². The Morgan fingerprint density at radius 3 is 3.00 bits per heavy atom. The number of nitrogens with one attached hydrogen (secondary N) is 1. The van der Waals surface area contributed by atoms with Crippen molar-refractivity contribution in [3.8, 4) is 0 Å². The first-order chi connectivity index (χ1) is 6.34. The maximum Gasteiger partial charge on any atom is 0.0590 e. The number of nitrogens with zero attached hydrogens (tertiary/aromatic N) is 2. The van der Waals surface area contributed by atoms with Crippen molar-refractivity contribution in [1.29, 1.82) is 0 Å². The fourth-order valence-electron chi connectivity index (χ4n) is 1.10. The summed E-state index contributed by atoms with van der Waals surface area (Å²) in [6.07, 6.45) is 2.74. The van der Waals surface area contributed by atoms with Crippen LogP contribution in [0.25, 0.3) is 0 Å². The lowest BCUT2D eigenvalue weighted by atomic mass is 10.3. The molecule has 0 fully saturated rings. The molecule has 0 aliphatic heterocycles. The Bertz CT molecular complexity index is 235. The largest absolute Gasteiger partial charge is 0.380 e. The van der Waals surface area contributed by atoms with Crippen LogP contribution >= 0.6 is 0 Å². The maximum atomic E-state index is 5.40. The van der Waals surface area contributed by atoms with E-state index in [9.17, 15) is 0 Å². The van der Waals surface area contributed by atoms with Gasteiger partial charge < -0.3 is 10.1 Å². The van der Waals surface area contributed by atoms with E-state index in [1.54, 1.807) is 0 Å². The van der Waals surface area contributed by atoms with Crippen LogP contribution in [0.3, 0.4) is 0 Å². The van der Waals surface area contributed by atoms with Crippen LogP contribution in [-0.2, 0) is 18.2 Å². The summed E-state index contributed by atoms with van der Waals surface area (Å²) in [6, 6.07) is 2.02. The Morgan fingerprint density at radius 2 is 2.38 bits per heavy atom. The third kappa shape index (κ3) is 3.57. The predicted octanol–water partition coefficient (Wildman–Crippen LogP) is 0.199. The van der Waals surface area contributed by atoms with E-state index in [0.29, 0.717) is 0 Å². The average Bonchev–Trinajstić information content (AvgIpc) is 2.52. The van der Waals surface area contributed by atoms with E-state index >= 15 is 0 Å². The zero-order valence-electron chi connectivity index (χ0n) is 8.29. The summed E-state index contributed by atoms with van der Waals surface area (Å²) in [7, 11) is 3.87. The Kier molecular flexibility index (Phi) is 4.49. The number of likely N-dealkylation sites (N-methyl/N-ethyl adjacent to an activating group) is 1. The lowest BCUT2D eigenvalue weighted by Gasteiger charge is -2.03. The minimum Gasteiger partial charge on any atom is -0.380 e. The van der Waals surface area contributed by atoms with Crippen molar-refractivity contribution < 1.29 is 4.74 Å². The second kappa shape index (κ2) is 5.72. The molecule has 0 bridgehead atoms. The molecule has 0 spiro atoms. The zero-order valence-corrected chi connectivity index (χ0v) is 8.29. The van der Waals surface area contributed by atoms with E-state index in [-0.39, 0.29) is 0 Å². The number of hydrogen-bond acceptors (Lipinski definition) is 3. The first kappa shape index (κ1) is 10.2. The Balaban J connectivity index is 2.10. The van der Waals surface area contributed by atoms with Crippen LogP contribution in [0.5, 0.6) is 0 Å². The van der Waals surface area contributed by atoms with Gasteiger partial charge in [-0.15, -0.1) is 0 Å². The first-order valence-corrected chi connectivity index (χ1v) is 4.54. The molecular formula is C9H17N3O. The molecule has 1 aromatic rings. The lowest BCUT2D eigenvalue weighted by molar-refractivity contribution is 0.139. The monoisotopic (exact) mass is 183 g/mol. The second-order valence-electron chi connectivity index (χ2n) is 2.91. The molecule has 0 saturated heterocycles. The minimum absolute atomic E-state index is 0.765. The molecule has 0 atom stereocenters. The summed E-state index contributed by atoms with van der Waals surface area (Å²) in [5.41, 5.74) is 1.21. The molecule has 1 rings (SSSR count). The third-order valence-electron chi connectivity index (χ3n) is 1.92. The first-order valence-electron chi connectivity index (χ1n) is 4.54. The molecule has 0 unspecified atom stereocenters. The van der Waals surface area contributed by atoms with Gasteiger partial charge in [0.15, 0.2) is 0 Å². The normalized spacial score (nSPS) is 10.6. The van der Waals surface area contributed by atoms with Gasteiger partial charge >= 0.3 is 0 Å². The Hall–Kier alpha value is -0.870. The molecule has 0 aliphatic rings. The highest BCUT2D eigenvalue weighted by molar-refractivity contribution is 4.99. The van der Waals surface area contributed by atoms with E-state index in [1.807, 2.05) is 31.0 Å². The van der Waals surface area contributed by atoms with Crippen LogP contribution in [0.4, 0.5) is 0 Å². The fraction of sp³-hybridized carbons (Fsp3) is 0.667. The van der Waals surface area contributed by atoms with E-state index in [1.165, 1.54) is 5.69 Å². The van der Waals surface area contributed by atoms with E-state index in [0.717, 1.165) is 26.2 Å².